The highest BCUT2D eigenvalue weighted by atomic mass is 35.5. The Morgan fingerprint density at radius 2 is 2.28 bits per heavy atom. The predicted octanol–water partition coefficient (Wildman–Crippen LogP) is 2.76. The Kier molecular flexibility index (Phi) is 4.09. The number of nitrogens with zero attached hydrogens (tertiary/aromatic N) is 1. The molecule has 1 saturated heterocycles. The van der Waals surface area contributed by atoms with Crippen LogP contribution in [-0.2, 0) is 0 Å². The number of benzene rings is 1. The van der Waals surface area contributed by atoms with Crippen LogP contribution >= 0.6 is 11.6 Å². The van der Waals surface area contributed by atoms with Crippen LogP contribution in [0.4, 0.5) is 4.79 Å². The van der Waals surface area contributed by atoms with Gasteiger partial charge in [0.05, 0.1) is 6.10 Å². The average Bonchev–Trinajstić information content (AvgIpc) is 2.38. The molecule has 2 rings (SSSR count). The van der Waals surface area contributed by atoms with Gasteiger partial charge in [0.15, 0.2) is 0 Å². The van der Waals surface area contributed by atoms with Gasteiger partial charge in [-0.15, -0.1) is 0 Å². The molecule has 0 radical (unpaired) electrons. The summed E-state index contributed by atoms with van der Waals surface area (Å²) in [6.07, 6.45) is 0.0373. The molecule has 1 aliphatic rings. The van der Waals surface area contributed by atoms with Crippen LogP contribution in [0.5, 0.6) is 0 Å². The number of likely N-dealkylation sites (tertiary alicyclic amines) is 1. The van der Waals surface area contributed by atoms with Gasteiger partial charge in [-0.25, -0.2) is 4.79 Å². The number of halogens is 1. The average molecular weight is 270 g/mol. The fraction of sp³-hybridized carbons (Fsp3) is 0.462. The Morgan fingerprint density at radius 1 is 1.50 bits per heavy atom. The van der Waals surface area contributed by atoms with E-state index in [1.54, 1.807) is 18.2 Å². The maximum atomic E-state index is 10.9. The second-order valence-corrected chi connectivity index (χ2v) is 5.07. The Labute approximate surface area is 111 Å². The second kappa shape index (κ2) is 5.59. The lowest BCUT2D eigenvalue weighted by molar-refractivity contribution is 0.0503. The molecule has 0 aromatic heterocycles. The molecule has 1 aromatic carbocycles. The van der Waals surface area contributed by atoms with Crippen molar-refractivity contribution < 1.29 is 15.0 Å². The predicted molar refractivity (Wildman–Crippen MR) is 68.7 cm³/mol. The second-order valence-electron chi connectivity index (χ2n) is 4.63. The van der Waals surface area contributed by atoms with Crippen LogP contribution in [0.3, 0.4) is 0 Å². The number of piperidine rings is 1. The van der Waals surface area contributed by atoms with Crippen molar-refractivity contribution in [1.82, 2.24) is 4.90 Å². The molecular weight excluding hydrogens is 254 g/mol. The van der Waals surface area contributed by atoms with Gasteiger partial charge < -0.3 is 15.1 Å². The fourth-order valence-corrected chi connectivity index (χ4v) is 2.60. The van der Waals surface area contributed by atoms with Crippen molar-refractivity contribution in [3.63, 3.8) is 0 Å². The van der Waals surface area contributed by atoms with E-state index in [1.165, 1.54) is 4.90 Å². The van der Waals surface area contributed by atoms with Crippen LogP contribution in [-0.4, -0.2) is 34.3 Å². The molecule has 0 saturated carbocycles. The minimum Gasteiger partial charge on any atom is -0.465 e. The summed E-state index contributed by atoms with van der Waals surface area (Å²) in [7, 11) is 0. The van der Waals surface area contributed by atoms with E-state index in [0.29, 0.717) is 18.1 Å². The number of hydrogen-bond donors (Lipinski definition) is 2. The minimum absolute atomic E-state index is 0.0617. The number of aliphatic hydroxyl groups excluding tert-OH is 1. The van der Waals surface area contributed by atoms with E-state index in [2.05, 4.69) is 0 Å². The van der Waals surface area contributed by atoms with Crippen LogP contribution in [0.15, 0.2) is 24.3 Å². The number of rotatable bonds is 2. The third-order valence-corrected chi connectivity index (χ3v) is 3.60. The molecule has 1 fully saturated rings. The van der Waals surface area contributed by atoms with E-state index in [9.17, 15) is 9.90 Å². The Hall–Kier alpha value is -1.26. The van der Waals surface area contributed by atoms with Crippen molar-refractivity contribution in [1.29, 1.82) is 0 Å². The summed E-state index contributed by atoms with van der Waals surface area (Å²) < 4.78 is 0. The first-order chi connectivity index (χ1) is 8.58. The number of amides is 1. The van der Waals surface area contributed by atoms with E-state index < -0.39 is 12.2 Å². The summed E-state index contributed by atoms with van der Waals surface area (Å²) in [5, 5.41) is 19.8. The minimum atomic E-state index is -0.919. The standard InChI is InChI=1S/C13H16ClNO3/c14-11-5-1-3-9(7-11)12(16)10-4-2-6-15(8-10)13(17)18/h1,3,5,7,10,12,16H,2,4,6,8H2,(H,17,18)/t10?,12-/m1/s1. The van der Waals surface area contributed by atoms with E-state index >= 15 is 0 Å². The summed E-state index contributed by atoms with van der Waals surface area (Å²) >= 11 is 5.89. The van der Waals surface area contributed by atoms with Crippen LogP contribution in [0.2, 0.25) is 5.02 Å². The Morgan fingerprint density at radius 3 is 2.94 bits per heavy atom. The van der Waals surface area contributed by atoms with Gasteiger partial charge in [-0.1, -0.05) is 23.7 Å². The lowest BCUT2D eigenvalue weighted by atomic mass is 9.89. The molecule has 1 aliphatic heterocycles. The fourth-order valence-electron chi connectivity index (χ4n) is 2.40. The molecule has 0 aliphatic carbocycles. The summed E-state index contributed by atoms with van der Waals surface area (Å²) in [5.74, 6) is -0.0617. The molecular formula is C13H16ClNO3. The third-order valence-electron chi connectivity index (χ3n) is 3.37. The van der Waals surface area contributed by atoms with Gasteiger partial charge in [0.25, 0.3) is 0 Å². The van der Waals surface area contributed by atoms with E-state index in [-0.39, 0.29) is 5.92 Å². The van der Waals surface area contributed by atoms with Gasteiger partial charge in [0, 0.05) is 24.0 Å². The number of carbonyl (C=O) groups is 1. The number of aliphatic hydroxyl groups is 1. The first kappa shape index (κ1) is 13.2. The lowest BCUT2D eigenvalue weighted by Gasteiger charge is -2.33. The molecule has 1 unspecified atom stereocenters. The van der Waals surface area contributed by atoms with Crippen LogP contribution in [0.25, 0.3) is 0 Å². The molecule has 0 spiro atoms. The molecule has 2 N–H and O–H groups in total. The van der Waals surface area contributed by atoms with E-state index in [4.69, 9.17) is 16.7 Å². The first-order valence-corrected chi connectivity index (χ1v) is 6.37. The molecule has 4 nitrogen and oxygen atoms in total. The zero-order valence-electron chi connectivity index (χ0n) is 9.92. The normalized spacial score (nSPS) is 21.7. The van der Waals surface area contributed by atoms with Crippen molar-refractivity contribution in [2.45, 2.75) is 18.9 Å². The zero-order chi connectivity index (χ0) is 13.1. The summed E-state index contributed by atoms with van der Waals surface area (Å²) in [6.45, 7) is 0.928. The van der Waals surface area contributed by atoms with Crippen molar-refractivity contribution in [3.05, 3.63) is 34.9 Å². The largest absolute Gasteiger partial charge is 0.465 e. The van der Waals surface area contributed by atoms with Crippen molar-refractivity contribution in [3.8, 4) is 0 Å². The number of hydrogen-bond acceptors (Lipinski definition) is 2. The maximum Gasteiger partial charge on any atom is 0.407 e. The van der Waals surface area contributed by atoms with Gasteiger partial charge in [0.1, 0.15) is 0 Å². The monoisotopic (exact) mass is 269 g/mol. The maximum absolute atomic E-state index is 10.9. The van der Waals surface area contributed by atoms with Gasteiger partial charge in [0.2, 0.25) is 0 Å². The summed E-state index contributed by atoms with van der Waals surface area (Å²) in [5.41, 5.74) is 0.750. The summed E-state index contributed by atoms with van der Waals surface area (Å²) in [6, 6.07) is 7.09. The molecule has 2 atom stereocenters. The molecule has 1 amide bonds. The van der Waals surface area contributed by atoms with Gasteiger partial charge in [-0.2, -0.15) is 0 Å². The first-order valence-electron chi connectivity index (χ1n) is 5.99. The van der Waals surface area contributed by atoms with E-state index in [0.717, 1.165) is 18.4 Å². The van der Waals surface area contributed by atoms with Gasteiger partial charge in [-0.05, 0) is 30.5 Å². The smallest absolute Gasteiger partial charge is 0.407 e. The van der Waals surface area contributed by atoms with Crippen LogP contribution in [0.1, 0.15) is 24.5 Å². The molecule has 98 valence electrons. The highest BCUT2D eigenvalue weighted by Crippen LogP contribution is 2.30. The SMILES string of the molecule is O=C(O)N1CCCC([C@H](O)c2cccc(Cl)c2)C1. The molecule has 1 aromatic rings. The lowest BCUT2D eigenvalue weighted by Crippen LogP contribution is -2.40. The van der Waals surface area contributed by atoms with Crippen LogP contribution < -0.4 is 0 Å². The number of carboxylic acid groups (broad SMARTS) is 1. The van der Waals surface area contributed by atoms with Crippen molar-refractivity contribution in [2.75, 3.05) is 13.1 Å². The zero-order valence-corrected chi connectivity index (χ0v) is 10.7. The quantitative estimate of drug-likeness (QED) is 0.868. The van der Waals surface area contributed by atoms with Crippen molar-refractivity contribution >= 4 is 17.7 Å². The highest BCUT2D eigenvalue weighted by molar-refractivity contribution is 6.30. The molecule has 0 bridgehead atoms. The highest BCUT2D eigenvalue weighted by Gasteiger charge is 2.29. The van der Waals surface area contributed by atoms with Crippen LogP contribution in [0, 0.1) is 5.92 Å². The topological polar surface area (TPSA) is 60.8 Å². The van der Waals surface area contributed by atoms with Gasteiger partial charge in [-0.3, -0.25) is 0 Å². The van der Waals surface area contributed by atoms with Gasteiger partial charge >= 0.3 is 6.09 Å². The van der Waals surface area contributed by atoms with Crippen molar-refractivity contribution in [2.24, 2.45) is 5.92 Å². The molecule has 18 heavy (non-hydrogen) atoms. The molecule has 5 heteroatoms. The third kappa shape index (κ3) is 2.94. The Balaban J connectivity index is 2.09. The molecule has 1 heterocycles. The van der Waals surface area contributed by atoms with E-state index in [1.807, 2.05) is 6.07 Å². The summed E-state index contributed by atoms with van der Waals surface area (Å²) in [4.78, 5) is 12.3. The Bertz CT molecular complexity index is 438.